The second-order valence-corrected chi connectivity index (χ2v) is 4.23. The smallest absolute Gasteiger partial charge is 0.157 e. The molecule has 3 N–H and O–H groups in total. The van der Waals surface area contributed by atoms with Crippen LogP contribution >= 0.6 is 0 Å². The molecule has 18 heavy (non-hydrogen) atoms. The number of nitrogens with one attached hydrogen (secondary N) is 1. The van der Waals surface area contributed by atoms with E-state index in [0.717, 1.165) is 23.4 Å². The third-order valence-corrected chi connectivity index (χ3v) is 2.67. The summed E-state index contributed by atoms with van der Waals surface area (Å²) in [5.41, 5.74) is 3.04. The predicted molar refractivity (Wildman–Crippen MR) is 69.3 cm³/mol. The van der Waals surface area contributed by atoms with Crippen LogP contribution in [0.5, 0.6) is 11.5 Å². The fourth-order valence-corrected chi connectivity index (χ4v) is 1.63. The Balaban J connectivity index is 1.88. The Bertz CT molecular complexity index is 524. The molecule has 0 saturated carbocycles. The highest BCUT2D eigenvalue weighted by Gasteiger charge is 2.00. The second-order valence-electron chi connectivity index (χ2n) is 4.23. The van der Waals surface area contributed by atoms with Gasteiger partial charge in [-0.2, -0.15) is 0 Å². The van der Waals surface area contributed by atoms with Crippen molar-refractivity contribution in [3.05, 3.63) is 53.3 Å². The summed E-state index contributed by atoms with van der Waals surface area (Å²) >= 11 is 0. The van der Waals surface area contributed by atoms with Crippen molar-refractivity contribution in [2.45, 2.75) is 20.0 Å². The van der Waals surface area contributed by atoms with Crippen LogP contribution in [0.4, 0.5) is 0 Å². The maximum atomic E-state index is 9.36. The SMILES string of the molecule is Cc1ccc(CNCc2ccc(O)c(O)c2)cn1. The molecule has 4 nitrogen and oxygen atoms in total. The summed E-state index contributed by atoms with van der Waals surface area (Å²) in [5, 5.41) is 21.8. The first-order valence-corrected chi connectivity index (χ1v) is 5.78. The molecule has 1 aromatic carbocycles. The lowest BCUT2D eigenvalue weighted by Gasteiger charge is -2.06. The monoisotopic (exact) mass is 244 g/mol. The molecule has 0 aliphatic heterocycles. The Kier molecular flexibility index (Phi) is 3.79. The second kappa shape index (κ2) is 5.51. The van der Waals surface area contributed by atoms with Gasteiger partial charge in [-0.05, 0) is 36.2 Å². The number of rotatable bonds is 4. The number of aromatic nitrogens is 1. The fourth-order valence-electron chi connectivity index (χ4n) is 1.63. The standard InChI is InChI=1S/C14H16N2O2/c1-10-2-3-12(9-16-10)8-15-7-11-4-5-13(17)14(18)6-11/h2-6,9,15,17-18H,7-8H2,1H3. The summed E-state index contributed by atoms with van der Waals surface area (Å²) in [6.07, 6.45) is 1.84. The van der Waals surface area contributed by atoms with Gasteiger partial charge in [0.25, 0.3) is 0 Å². The molecule has 0 aliphatic carbocycles. The number of hydrogen-bond acceptors (Lipinski definition) is 4. The van der Waals surface area contributed by atoms with Gasteiger partial charge in [0.1, 0.15) is 0 Å². The predicted octanol–water partition coefficient (Wildman–Crippen LogP) is 2.09. The van der Waals surface area contributed by atoms with Crippen LogP contribution in [0, 0.1) is 6.92 Å². The fraction of sp³-hybridized carbons (Fsp3) is 0.214. The van der Waals surface area contributed by atoms with E-state index < -0.39 is 0 Å². The summed E-state index contributed by atoms with van der Waals surface area (Å²) in [4.78, 5) is 4.22. The van der Waals surface area contributed by atoms with E-state index >= 15 is 0 Å². The number of phenolic OH excluding ortho intramolecular Hbond substituents is 2. The molecule has 1 heterocycles. The number of phenols is 2. The highest BCUT2D eigenvalue weighted by atomic mass is 16.3. The molecule has 2 rings (SSSR count). The largest absolute Gasteiger partial charge is 0.504 e. The molecule has 0 atom stereocenters. The number of aryl methyl sites for hydroxylation is 1. The summed E-state index contributed by atoms with van der Waals surface area (Å²) in [6.45, 7) is 3.30. The van der Waals surface area contributed by atoms with E-state index in [4.69, 9.17) is 0 Å². The van der Waals surface area contributed by atoms with E-state index in [1.165, 1.54) is 6.07 Å². The number of pyridine rings is 1. The topological polar surface area (TPSA) is 65.4 Å². The molecule has 1 aromatic heterocycles. The van der Waals surface area contributed by atoms with Crippen LogP contribution < -0.4 is 5.32 Å². The molecule has 0 unspecified atom stereocenters. The molecule has 0 spiro atoms. The van der Waals surface area contributed by atoms with Gasteiger partial charge in [0.15, 0.2) is 11.5 Å². The van der Waals surface area contributed by atoms with Gasteiger partial charge in [-0.15, -0.1) is 0 Å². The van der Waals surface area contributed by atoms with E-state index in [0.29, 0.717) is 6.54 Å². The lowest BCUT2D eigenvalue weighted by atomic mass is 10.2. The van der Waals surface area contributed by atoms with Gasteiger partial charge in [-0.25, -0.2) is 0 Å². The lowest BCUT2D eigenvalue weighted by Crippen LogP contribution is -2.12. The first kappa shape index (κ1) is 12.4. The van der Waals surface area contributed by atoms with Crippen LogP contribution in [0.3, 0.4) is 0 Å². The van der Waals surface area contributed by atoms with Crippen molar-refractivity contribution in [1.82, 2.24) is 10.3 Å². The van der Waals surface area contributed by atoms with E-state index in [2.05, 4.69) is 10.3 Å². The highest BCUT2D eigenvalue weighted by molar-refractivity contribution is 5.40. The molecule has 2 aromatic rings. The molecular formula is C14H16N2O2. The van der Waals surface area contributed by atoms with Gasteiger partial charge < -0.3 is 15.5 Å². The molecule has 94 valence electrons. The van der Waals surface area contributed by atoms with Crippen LogP contribution in [0.15, 0.2) is 36.5 Å². The minimum atomic E-state index is -0.0958. The van der Waals surface area contributed by atoms with Crippen LogP contribution in [0.25, 0.3) is 0 Å². The van der Waals surface area contributed by atoms with Gasteiger partial charge >= 0.3 is 0 Å². The molecular weight excluding hydrogens is 228 g/mol. The van der Waals surface area contributed by atoms with Crippen molar-refractivity contribution >= 4 is 0 Å². The molecule has 0 amide bonds. The number of benzene rings is 1. The maximum absolute atomic E-state index is 9.36. The lowest BCUT2D eigenvalue weighted by molar-refractivity contribution is 0.403. The Morgan fingerprint density at radius 2 is 1.72 bits per heavy atom. The van der Waals surface area contributed by atoms with E-state index in [1.54, 1.807) is 12.1 Å². The summed E-state index contributed by atoms with van der Waals surface area (Å²) < 4.78 is 0. The van der Waals surface area contributed by atoms with Gasteiger partial charge in [-0.3, -0.25) is 4.98 Å². The first-order valence-electron chi connectivity index (χ1n) is 5.78. The summed E-state index contributed by atoms with van der Waals surface area (Å²) in [5.74, 6) is -0.187. The van der Waals surface area contributed by atoms with Gasteiger partial charge in [-0.1, -0.05) is 12.1 Å². The summed E-state index contributed by atoms with van der Waals surface area (Å²) in [6, 6.07) is 8.82. The molecule has 0 fully saturated rings. The zero-order valence-electron chi connectivity index (χ0n) is 10.2. The van der Waals surface area contributed by atoms with Crippen molar-refractivity contribution in [1.29, 1.82) is 0 Å². The zero-order chi connectivity index (χ0) is 13.0. The van der Waals surface area contributed by atoms with Crippen molar-refractivity contribution < 1.29 is 10.2 Å². The molecule has 0 aliphatic rings. The Hall–Kier alpha value is -2.07. The van der Waals surface area contributed by atoms with Crippen molar-refractivity contribution in [2.75, 3.05) is 0 Å². The van der Waals surface area contributed by atoms with Crippen molar-refractivity contribution in [3.8, 4) is 11.5 Å². The Labute approximate surface area is 106 Å². The van der Waals surface area contributed by atoms with Crippen LogP contribution in [0.1, 0.15) is 16.8 Å². The highest BCUT2D eigenvalue weighted by Crippen LogP contribution is 2.24. The van der Waals surface area contributed by atoms with Crippen LogP contribution in [-0.4, -0.2) is 15.2 Å². The Morgan fingerprint density at radius 3 is 2.39 bits per heavy atom. The van der Waals surface area contributed by atoms with E-state index in [9.17, 15) is 10.2 Å². The molecule has 0 saturated heterocycles. The first-order chi connectivity index (χ1) is 8.65. The van der Waals surface area contributed by atoms with Crippen LogP contribution in [-0.2, 0) is 13.1 Å². The molecule has 4 heteroatoms. The van der Waals surface area contributed by atoms with E-state index in [-0.39, 0.29) is 11.5 Å². The number of nitrogens with zero attached hydrogens (tertiary/aromatic N) is 1. The van der Waals surface area contributed by atoms with Gasteiger partial charge in [0.05, 0.1) is 0 Å². The van der Waals surface area contributed by atoms with Gasteiger partial charge in [0, 0.05) is 25.0 Å². The average Bonchev–Trinajstić information content (AvgIpc) is 2.36. The molecule has 0 radical (unpaired) electrons. The third kappa shape index (κ3) is 3.21. The zero-order valence-corrected chi connectivity index (χ0v) is 10.2. The minimum absolute atomic E-state index is 0.0914. The van der Waals surface area contributed by atoms with Crippen LogP contribution in [0.2, 0.25) is 0 Å². The number of hydrogen-bond donors (Lipinski definition) is 3. The summed E-state index contributed by atoms with van der Waals surface area (Å²) in [7, 11) is 0. The average molecular weight is 244 g/mol. The third-order valence-electron chi connectivity index (χ3n) is 2.67. The quantitative estimate of drug-likeness (QED) is 0.720. The van der Waals surface area contributed by atoms with Gasteiger partial charge in [0.2, 0.25) is 0 Å². The van der Waals surface area contributed by atoms with E-state index in [1.807, 2.05) is 25.3 Å². The van der Waals surface area contributed by atoms with Crippen molar-refractivity contribution in [2.24, 2.45) is 0 Å². The maximum Gasteiger partial charge on any atom is 0.157 e. The normalized spacial score (nSPS) is 10.5. The number of aromatic hydroxyl groups is 2. The Morgan fingerprint density at radius 1 is 1.00 bits per heavy atom. The molecule has 0 bridgehead atoms. The van der Waals surface area contributed by atoms with Crippen molar-refractivity contribution in [3.63, 3.8) is 0 Å². The minimum Gasteiger partial charge on any atom is -0.504 e.